The molecule has 0 aromatic heterocycles. The number of ether oxygens (including phenoxy) is 5. The van der Waals surface area contributed by atoms with Crippen molar-refractivity contribution in [2.75, 3.05) is 35.0 Å². The molecular formula is C15H21NO5. The van der Waals surface area contributed by atoms with Gasteiger partial charge in [0, 0.05) is 6.07 Å². The van der Waals surface area contributed by atoms with Gasteiger partial charge >= 0.3 is 0 Å². The molecule has 0 saturated carbocycles. The molecule has 6 nitrogen and oxygen atoms in total. The van der Waals surface area contributed by atoms with Gasteiger partial charge in [-0.2, -0.15) is 0 Å². The second-order valence-corrected chi connectivity index (χ2v) is 5.24. The summed E-state index contributed by atoms with van der Waals surface area (Å²) in [4.78, 5) is 4.57. The van der Waals surface area contributed by atoms with Crippen LogP contribution in [0.15, 0.2) is 11.1 Å². The van der Waals surface area contributed by atoms with E-state index in [1.807, 2.05) is 13.8 Å². The molecule has 0 N–H and O–H groups in total. The number of hydrogen-bond donors (Lipinski definition) is 0. The van der Waals surface area contributed by atoms with Crippen LogP contribution >= 0.6 is 0 Å². The van der Waals surface area contributed by atoms with Crippen LogP contribution in [-0.2, 0) is 4.74 Å². The molecule has 1 aromatic carbocycles. The van der Waals surface area contributed by atoms with Crippen LogP contribution in [0.1, 0.15) is 19.4 Å². The van der Waals surface area contributed by atoms with Crippen LogP contribution in [-0.4, -0.2) is 46.5 Å². The molecule has 0 atom stereocenters. The van der Waals surface area contributed by atoms with E-state index in [2.05, 4.69) is 4.99 Å². The van der Waals surface area contributed by atoms with Gasteiger partial charge in [-0.25, -0.2) is 4.99 Å². The van der Waals surface area contributed by atoms with Crippen molar-refractivity contribution in [1.29, 1.82) is 0 Å². The Morgan fingerprint density at radius 1 is 0.952 bits per heavy atom. The lowest BCUT2D eigenvalue weighted by Crippen LogP contribution is -2.17. The number of methoxy groups -OCH3 is 4. The highest BCUT2D eigenvalue weighted by atomic mass is 16.5. The molecule has 0 amide bonds. The summed E-state index contributed by atoms with van der Waals surface area (Å²) in [5, 5.41) is 0. The molecule has 0 aliphatic carbocycles. The van der Waals surface area contributed by atoms with Gasteiger partial charge in [0.1, 0.15) is 6.61 Å². The average molecular weight is 295 g/mol. The number of nitrogens with zero attached hydrogens (tertiary/aromatic N) is 1. The van der Waals surface area contributed by atoms with E-state index in [0.717, 1.165) is 0 Å². The number of rotatable bonds is 5. The van der Waals surface area contributed by atoms with Crippen molar-refractivity contribution < 1.29 is 23.7 Å². The summed E-state index contributed by atoms with van der Waals surface area (Å²) in [7, 11) is 6.22. The van der Waals surface area contributed by atoms with Crippen molar-refractivity contribution in [1.82, 2.24) is 0 Å². The monoisotopic (exact) mass is 295 g/mol. The minimum absolute atomic E-state index is 0.263. The minimum Gasteiger partial charge on any atom is -0.493 e. The molecule has 1 aliphatic heterocycles. The summed E-state index contributed by atoms with van der Waals surface area (Å²) in [6.07, 6.45) is 0. The zero-order chi connectivity index (χ0) is 15.6. The van der Waals surface area contributed by atoms with Crippen LogP contribution in [0.4, 0.5) is 0 Å². The van der Waals surface area contributed by atoms with Crippen molar-refractivity contribution in [3.05, 3.63) is 11.6 Å². The Kier molecular flexibility index (Phi) is 4.16. The molecule has 116 valence electrons. The molecule has 0 fully saturated rings. The molecule has 0 saturated heterocycles. The van der Waals surface area contributed by atoms with E-state index < -0.39 is 0 Å². The van der Waals surface area contributed by atoms with Crippen LogP contribution in [0.2, 0.25) is 0 Å². The van der Waals surface area contributed by atoms with Gasteiger partial charge in [-0.05, 0) is 13.8 Å². The quantitative estimate of drug-likeness (QED) is 0.834. The summed E-state index contributed by atoms with van der Waals surface area (Å²) in [5.41, 5.74) is 0.415. The normalized spacial score (nSPS) is 16.0. The van der Waals surface area contributed by atoms with Crippen molar-refractivity contribution in [2.45, 2.75) is 19.4 Å². The molecule has 1 aliphatic rings. The summed E-state index contributed by atoms with van der Waals surface area (Å²) < 4.78 is 27.3. The maximum Gasteiger partial charge on any atom is 0.220 e. The largest absolute Gasteiger partial charge is 0.493 e. The van der Waals surface area contributed by atoms with Gasteiger partial charge in [-0.15, -0.1) is 0 Å². The van der Waals surface area contributed by atoms with E-state index in [1.54, 1.807) is 34.5 Å². The van der Waals surface area contributed by atoms with E-state index >= 15 is 0 Å². The first-order chi connectivity index (χ1) is 9.97. The third kappa shape index (κ3) is 2.70. The Morgan fingerprint density at radius 3 is 2.00 bits per heavy atom. The summed E-state index contributed by atoms with van der Waals surface area (Å²) in [6, 6.07) is 1.78. The van der Waals surface area contributed by atoms with Gasteiger partial charge in [0.2, 0.25) is 17.4 Å². The topological polar surface area (TPSA) is 58.5 Å². The highest BCUT2D eigenvalue weighted by Gasteiger charge is 2.31. The molecule has 0 bridgehead atoms. The van der Waals surface area contributed by atoms with Gasteiger partial charge in [0.05, 0.1) is 39.5 Å². The molecule has 6 heteroatoms. The number of aliphatic imine (C=N–C) groups is 1. The zero-order valence-corrected chi connectivity index (χ0v) is 13.3. The third-order valence-electron chi connectivity index (χ3n) is 3.19. The summed E-state index contributed by atoms with van der Waals surface area (Å²) in [5.74, 6) is 2.47. The van der Waals surface area contributed by atoms with Crippen molar-refractivity contribution in [2.24, 2.45) is 4.99 Å². The van der Waals surface area contributed by atoms with E-state index in [9.17, 15) is 0 Å². The lowest BCUT2D eigenvalue weighted by Gasteiger charge is -2.18. The predicted octanol–water partition coefficient (Wildman–Crippen LogP) is 2.28. The SMILES string of the molecule is COc1cc(C2=NC(C)(C)CO2)c(OC)c(OC)c1OC. The fraction of sp³-hybridized carbons (Fsp3) is 0.533. The van der Waals surface area contributed by atoms with Gasteiger partial charge in [-0.1, -0.05) is 0 Å². The predicted molar refractivity (Wildman–Crippen MR) is 79.2 cm³/mol. The Balaban J connectivity index is 2.66. The first kappa shape index (κ1) is 15.3. The van der Waals surface area contributed by atoms with Gasteiger partial charge < -0.3 is 23.7 Å². The summed E-state index contributed by atoms with van der Waals surface area (Å²) >= 11 is 0. The highest BCUT2D eigenvalue weighted by Crippen LogP contribution is 2.47. The molecule has 0 unspecified atom stereocenters. The van der Waals surface area contributed by atoms with Crippen LogP contribution in [0.5, 0.6) is 23.0 Å². The van der Waals surface area contributed by atoms with Crippen molar-refractivity contribution in [3.8, 4) is 23.0 Å². The van der Waals surface area contributed by atoms with E-state index in [4.69, 9.17) is 23.7 Å². The first-order valence-corrected chi connectivity index (χ1v) is 6.57. The molecule has 2 rings (SSSR count). The average Bonchev–Trinajstić information content (AvgIpc) is 2.84. The minimum atomic E-state index is -0.263. The van der Waals surface area contributed by atoms with Crippen LogP contribution in [0, 0.1) is 0 Å². The molecule has 1 aromatic rings. The maximum atomic E-state index is 5.69. The Labute approximate surface area is 124 Å². The second kappa shape index (κ2) is 5.71. The first-order valence-electron chi connectivity index (χ1n) is 6.57. The van der Waals surface area contributed by atoms with E-state index in [0.29, 0.717) is 41.1 Å². The van der Waals surface area contributed by atoms with E-state index in [1.165, 1.54) is 0 Å². The standard InChI is InChI=1S/C15H21NO5/c1-15(2)8-21-14(16-15)9-7-10(17-3)12(19-5)13(20-6)11(9)18-4/h7H,8H2,1-6H3. The smallest absolute Gasteiger partial charge is 0.220 e. The van der Waals surface area contributed by atoms with Gasteiger partial charge in [0.15, 0.2) is 11.5 Å². The third-order valence-corrected chi connectivity index (χ3v) is 3.19. The molecule has 0 radical (unpaired) electrons. The van der Waals surface area contributed by atoms with Gasteiger partial charge in [0.25, 0.3) is 0 Å². The molecular weight excluding hydrogens is 274 g/mol. The van der Waals surface area contributed by atoms with Crippen LogP contribution < -0.4 is 18.9 Å². The maximum absolute atomic E-state index is 5.69. The number of hydrogen-bond acceptors (Lipinski definition) is 6. The summed E-state index contributed by atoms with van der Waals surface area (Å²) in [6.45, 7) is 4.52. The molecule has 21 heavy (non-hydrogen) atoms. The van der Waals surface area contributed by atoms with Crippen LogP contribution in [0.25, 0.3) is 0 Å². The fourth-order valence-electron chi connectivity index (χ4n) is 2.21. The Hall–Kier alpha value is -2.11. The lowest BCUT2D eigenvalue weighted by atomic mass is 10.1. The Bertz CT molecular complexity index is 566. The fourth-order valence-corrected chi connectivity index (χ4v) is 2.21. The van der Waals surface area contributed by atoms with Crippen LogP contribution in [0.3, 0.4) is 0 Å². The Morgan fingerprint density at radius 2 is 1.57 bits per heavy atom. The van der Waals surface area contributed by atoms with Crippen molar-refractivity contribution >= 4 is 5.90 Å². The molecule has 0 spiro atoms. The number of benzene rings is 1. The highest BCUT2D eigenvalue weighted by molar-refractivity contribution is 6.00. The van der Waals surface area contributed by atoms with Gasteiger partial charge in [-0.3, -0.25) is 0 Å². The van der Waals surface area contributed by atoms with Crippen molar-refractivity contribution in [3.63, 3.8) is 0 Å². The lowest BCUT2D eigenvalue weighted by molar-refractivity contribution is 0.276. The molecule has 1 heterocycles. The zero-order valence-electron chi connectivity index (χ0n) is 13.3. The second-order valence-electron chi connectivity index (χ2n) is 5.24. The van der Waals surface area contributed by atoms with E-state index in [-0.39, 0.29) is 5.54 Å².